The van der Waals surface area contributed by atoms with Crippen molar-refractivity contribution in [2.45, 2.75) is 56.5 Å². The van der Waals surface area contributed by atoms with Crippen molar-refractivity contribution < 1.29 is 23.5 Å². The summed E-state index contributed by atoms with van der Waals surface area (Å²) in [5.74, 6) is -2.96. The van der Waals surface area contributed by atoms with Gasteiger partial charge in [-0.25, -0.2) is 8.78 Å². The summed E-state index contributed by atoms with van der Waals surface area (Å²) >= 11 is 14.2. The summed E-state index contributed by atoms with van der Waals surface area (Å²) in [5.41, 5.74) is -1.94. The summed E-state index contributed by atoms with van der Waals surface area (Å²) in [4.78, 5) is 23.3. The fraction of sp³-hybridized carbons (Fsp3) is 0.727. The van der Waals surface area contributed by atoms with Crippen LogP contribution in [-0.4, -0.2) is 39.7 Å². The number of carbonyl (C=O) groups excluding carboxylic acids is 2. The normalized spacial score (nSPS) is 51.5. The molecule has 0 radical (unpaired) electrons. The van der Waals surface area contributed by atoms with E-state index in [-0.39, 0.29) is 35.5 Å². The van der Waals surface area contributed by atoms with Gasteiger partial charge in [-0.15, -0.1) is 23.2 Å². The Hall–Kier alpha value is -0.780. The molecule has 3 fully saturated rings. The highest BCUT2D eigenvalue weighted by Gasteiger charge is 2.72. The highest BCUT2D eigenvalue weighted by Crippen LogP contribution is 2.72. The highest BCUT2D eigenvalue weighted by atomic mass is 35.5. The number of fused-ring (bicyclic) bond motifs is 5. The van der Waals surface area contributed by atoms with Crippen LogP contribution in [0.1, 0.15) is 40.0 Å². The number of alkyl halides is 3. The molecule has 7 heteroatoms. The Bertz CT molecular complexity index is 842. The Labute approximate surface area is 179 Å². The zero-order valence-corrected chi connectivity index (χ0v) is 18.2. The minimum absolute atomic E-state index is 0.00977. The molecule has 3 saturated carbocycles. The molecule has 0 aromatic carbocycles. The van der Waals surface area contributed by atoms with E-state index in [4.69, 9.17) is 23.2 Å². The van der Waals surface area contributed by atoms with E-state index in [9.17, 15) is 19.1 Å². The maximum absolute atomic E-state index is 15.4. The molecule has 0 amide bonds. The molecule has 4 aliphatic rings. The lowest BCUT2D eigenvalue weighted by atomic mass is 9.46. The average Bonchev–Trinajstić information content (AvgIpc) is 2.91. The maximum Gasteiger partial charge on any atom is 0.213 e. The average molecular weight is 447 g/mol. The van der Waals surface area contributed by atoms with Gasteiger partial charge in [0.15, 0.2) is 11.6 Å². The Kier molecular flexibility index (Phi) is 4.89. The van der Waals surface area contributed by atoms with Crippen LogP contribution in [0.2, 0.25) is 0 Å². The summed E-state index contributed by atoms with van der Waals surface area (Å²) in [6, 6.07) is 0. The van der Waals surface area contributed by atoms with Gasteiger partial charge in [-0.2, -0.15) is 0 Å². The van der Waals surface area contributed by atoms with Gasteiger partial charge in [0.05, 0.1) is 10.3 Å². The molecule has 29 heavy (non-hydrogen) atoms. The van der Waals surface area contributed by atoms with E-state index in [1.807, 2.05) is 13.8 Å². The van der Waals surface area contributed by atoms with E-state index in [2.05, 4.69) is 0 Å². The SMILES string of the molecule is C[C@@H]1C[C@H]2[C@@H]3C[C@H](F)C4=C(F)C(=O)C=C[C@]4(C)[C@@]3(Cl)[C@@H](Cl)C[C@]2(C)[C@@H]1C(=O)CO. The first-order valence-electron chi connectivity index (χ1n) is 10.2. The lowest BCUT2D eigenvalue weighted by Gasteiger charge is -2.63. The topological polar surface area (TPSA) is 54.4 Å². The third-order valence-corrected chi connectivity index (χ3v) is 10.1. The smallest absolute Gasteiger partial charge is 0.213 e. The zero-order chi connectivity index (χ0) is 21.5. The largest absolute Gasteiger partial charge is 0.389 e. The van der Waals surface area contributed by atoms with Gasteiger partial charge in [-0.05, 0) is 48.5 Å². The number of carbonyl (C=O) groups is 2. The Morgan fingerprint density at radius 1 is 1.31 bits per heavy atom. The van der Waals surface area contributed by atoms with Gasteiger partial charge in [0.1, 0.15) is 12.8 Å². The third kappa shape index (κ3) is 2.50. The highest BCUT2D eigenvalue weighted by molar-refractivity contribution is 6.34. The molecule has 0 heterocycles. The number of rotatable bonds is 2. The summed E-state index contributed by atoms with van der Waals surface area (Å²) in [6.07, 6.45) is 2.06. The lowest BCUT2D eigenvalue weighted by molar-refractivity contribution is -0.133. The standard InChI is InChI=1S/C22H26Cl2F2O3/c1-10-6-11-12-7-13(25)18-19(26)14(28)4-5-21(18,3)22(12,24)16(23)8-20(11,2)17(10)15(29)9-27/h4-5,10-13,16-17,27H,6-9H2,1-3H3/t10-,11+,12+,13+,16+,17+,20+,21+,22+/m1/s1. The second-order valence-corrected chi connectivity index (χ2v) is 11.0. The van der Waals surface area contributed by atoms with Crippen molar-refractivity contribution in [1.29, 1.82) is 0 Å². The van der Waals surface area contributed by atoms with Gasteiger partial charge in [0.2, 0.25) is 5.78 Å². The summed E-state index contributed by atoms with van der Waals surface area (Å²) < 4.78 is 30.1. The van der Waals surface area contributed by atoms with Crippen LogP contribution in [0.15, 0.2) is 23.6 Å². The van der Waals surface area contributed by atoms with Crippen molar-refractivity contribution in [2.24, 2.45) is 34.5 Å². The van der Waals surface area contributed by atoms with Crippen LogP contribution in [0.5, 0.6) is 0 Å². The molecule has 0 aromatic heterocycles. The summed E-state index contributed by atoms with van der Waals surface area (Å²) in [6.45, 7) is 5.10. The van der Waals surface area contributed by atoms with Crippen molar-refractivity contribution in [3.05, 3.63) is 23.6 Å². The quantitative estimate of drug-likeness (QED) is 0.633. The van der Waals surface area contributed by atoms with E-state index < -0.39 is 51.4 Å². The number of aliphatic hydroxyl groups excluding tert-OH is 1. The Morgan fingerprint density at radius 2 is 1.97 bits per heavy atom. The molecular weight excluding hydrogens is 421 g/mol. The lowest BCUT2D eigenvalue weighted by Crippen LogP contribution is -2.66. The second kappa shape index (κ2) is 6.61. The van der Waals surface area contributed by atoms with E-state index in [1.165, 1.54) is 6.08 Å². The summed E-state index contributed by atoms with van der Waals surface area (Å²) in [5, 5.41) is 8.84. The van der Waals surface area contributed by atoms with Crippen LogP contribution in [0, 0.1) is 34.5 Å². The number of Topliss-reactive ketones (excluding diaryl/α,β-unsaturated/α-hetero) is 1. The molecule has 0 aliphatic heterocycles. The van der Waals surface area contributed by atoms with Crippen molar-refractivity contribution in [3.8, 4) is 0 Å². The first kappa shape index (κ1) is 21.5. The second-order valence-electron chi connectivity index (χ2n) is 9.80. The minimum atomic E-state index is -1.64. The van der Waals surface area contributed by atoms with E-state index in [1.54, 1.807) is 6.92 Å². The minimum Gasteiger partial charge on any atom is -0.389 e. The van der Waals surface area contributed by atoms with Crippen LogP contribution in [-0.2, 0) is 9.59 Å². The predicted molar refractivity (Wildman–Crippen MR) is 107 cm³/mol. The number of hydrogen-bond acceptors (Lipinski definition) is 3. The fourth-order valence-corrected chi connectivity index (χ4v) is 8.59. The van der Waals surface area contributed by atoms with Crippen LogP contribution in [0.25, 0.3) is 0 Å². The molecule has 4 aliphatic carbocycles. The fourth-order valence-electron chi connectivity index (χ4n) is 7.38. The number of hydrogen-bond donors (Lipinski definition) is 1. The zero-order valence-electron chi connectivity index (χ0n) is 16.7. The number of allylic oxidation sites excluding steroid dienone is 4. The van der Waals surface area contributed by atoms with Crippen molar-refractivity contribution in [1.82, 2.24) is 0 Å². The van der Waals surface area contributed by atoms with Crippen LogP contribution in [0.4, 0.5) is 8.78 Å². The molecule has 0 saturated heterocycles. The number of aliphatic hydroxyl groups is 1. The van der Waals surface area contributed by atoms with Gasteiger partial charge >= 0.3 is 0 Å². The van der Waals surface area contributed by atoms with E-state index >= 15 is 4.39 Å². The monoisotopic (exact) mass is 446 g/mol. The molecular formula is C22H26Cl2F2O3. The van der Waals surface area contributed by atoms with Crippen LogP contribution >= 0.6 is 23.2 Å². The summed E-state index contributed by atoms with van der Waals surface area (Å²) in [7, 11) is 0. The maximum atomic E-state index is 15.4. The van der Waals surface area contributed by atoms with Gasteiger partial charge in [-0.1, -0.05) is 26.8 Å². The van der Waals surface area contributed by atoms with Gasteiger partial charge < -0.3 is 5.11 Å². The molecule has 160 valence electrons. The van der Waals surface area contributed by atoms with Crippen molar-refractivity contribution in [3.63, 3.8) is 0 Å². The molecule has 9 atom stereocenters. The first-order valence-corrected chi connectivity index (χ1v) is 11.0. The van der Waals surface area contributed by atoms with Crippen molar-refractivity contribution in [2.75, 3.05) is 6.61 Å². The third-order valence-electron chi connectivity index (χ3n) is 8.51. The Morgan fingerprint density at radius 3 is 2.59 bits per heavy atom. The predicted octanol–water partition coefficient (Wildman–Crippen LogP) is 4.54. The van der Waals surface area contributed by atoms with E-state index in [0.29, 0.717) is 12.8 Å². The van der Waals surface area contributed by atoms with Crippen LogP contribution in [0.3, 0.4) is 0 Å². The van der Waals surface area contributed by atoms with Gasteiger partial charge in [0, 0.05) is 16.9 Å². The molecule has 0 unspecified atom stereocenters. The van der Waals surface area contributed by atoms with Gasteiger partial charge in [-0.3, -0.25) is 9.59 Å². The molecule has 3 nitrogen and oxygen atoms in total. The van der Waals surface area contributed by atoms with Crippen LogP contribution < -0.4 is 0 Å². The molecule has 4 rings (SSSR count). The van der Waals surface area contributed by atoms with E-state index in [0.717, 1.165) is 6.08 Å². The van der Waals surface area contributed by atoms with Crippen molar-refractivity contribution >= 4 is 34.8 Å². The molecule has 0 aromatic rings. The first-order chi connectivity index (χ1) is 13.4. The number of halogens is 4. The Balaban J connectivity index is 1.86. The molecule has 1 N–H and O–H groups in total. The molecule has 0 bridgehead atoms. The molecule has 0 spiro atoms. The number of ketones is 2. The van der Waals surface area contributed by atoms with Gasteiger partial charge in [0.25, 0.3) is 0 Å².